The summed E-state index contributed by atoms with van der Waals surface area (Å²) in [4.78, 5) is 13.0. The molecule has 0 fully saturated rings. The molecule has 4 nitrogen and oxygen atoms in total. The number of carbonyl (C=O) groups excluding carboxylic acids is 1. The lowest BCUT2D eigenvalue weighted by Crippen LogP contribution is -2.25. The molecule has 176 valence electrons. The first-order valence-corrected chi connectivity index (χ1v) is 10.3. The van der Waals surface area contributed by atoms with Crippen LogP contribution in [0.2, 0.25) is 0 Å². The van der Waals surface area contributed by atoms with Gasteiger partial charge in [0.05, 0.1) is 11.3 Å². The summed E-state index contributed by atoms with van der Waals surface area (Å²) in [6.45, 7) is 9.14. The number of hydrogen-bond acceptors (Lipinski definition) is 2. The van der Waals surface area contributed by atoms with E-state index in [1.54, 1.807) is 0 Å². The van der Waals surface area contributed by atoms with E-state index in [-0.39, 0.29) is 16.3 Å². The largest absolute Gasteiger partial charge is 0.318 e. The smallest absolute Gasteiger partial charge is 0.280 e. The number of amides is 1. The SMILES string of the molecule is CC1=NN(c2c(F)c(F)c(F)c(F)c2F)C(=O)/C1=C/c1cc(C)n(-c2ccc(C)cc2C)c1C. The van der Waals surface area contributed by atoms with Gasteiger partial charge in [0.2, 0.25) is 5.82 Å². The van der Waals surface area contributed by atoms with E-state index >= 15 is 0 Å². The number of aryl methyl sites for hydroxylation is 3. The highest BCUT2D eigenvalue weighted by atomic mass is 19.2. The van der Waals surface area contributed by atoms with Crippen molar-refractivity contribution < 1.29 is 26.7 Å². The highest BCUT2D eigenvalue weighted by molar-refractivity contribution is 6.32. The van der Waals surface area contributed by atoms with E-state index in [2.05, 4.69) is 5.10 Å². The van der Waals surface area contributed by atoms with Gasteiger partial charge in [-0.05, 0) is 64.0 Å². The first kappa shape index (κ1) is 23.4. The summed E-state index contributed by atoms with van der Waals surface area (Å²) in [6.07, 6.45) is 1.50. The van der Waals surface area contributed by atoms with Crippen LogP contribution >= 0.6 is 0 Å². The van der Waals surface area contributed by atoms with E-state index in [0.717, 1.165) is 28.2 Å². The predicted molar refractivity (Wildman–Crippen MR) is 120 cm³/mol. The fourth-order valence-electron chi connectivity index (χ4n) is 4.13. The van der Waals surface area contributed by atoms with Crippen molar-refractivity contribution >= 4 is 23.4 Å². The Morgan fingerprint density at radius 3 is 2.00 bits per heavy atom. The number of halogens is 5. The van der Waals surface area contributed by atoms with Gasteiger partial charge in [0.15, 0.2) is 23.3 Å². The molecule has 0 bridgehead atoms. The van der Waals surface area contributed by atoms with Crippen LogP contribution in [0.5, 0.6) is 0 Å². The monoisotopic (exact) mass is 473 g/mol. The Morgan fingerprint density at radius 2 is 1.41 bits per heavy atom. The van der Waals surface area contributed by atoms with Crippen molar-refractivity contribution in [2.24, 2.45) is 5.10 Å². The predicted octanol–water partition coefficient (Wildman–Crippen LogP) is 6.21. The van der Waals surface area contributed by atoms with Crippen LogP contribution < -0.4 is 5.01 Å². The number of benzene rings is 2. The Kier molecular flexibility index (Phi) is 5.67. The first-order valence-electron chi connectivity index (χ1n) is 10.3. The van der Waals surface area contributed by atoms with Gasteiger partial charge in [-0.2, -0.15) is 10.1 Å². The van der Waals surface area contributed by atoms with Crippen LogP contribution in [0.3, 0.4) is 0 Å². The minimum absolute atomic E-state index is 0.0233. The zero-order valence-electron chi connectivity index (χ0n) is 19.0. The Labute approximate surface area is 192 Å². The second-order valence-corrected chi connectivity index (χ2v) is 8.23. The van der Waals surface area contributed by atoms with Crippen LogP contribution in [-0.4, -0.2) is 16.2 Å². The van der Waals surface area contributed by atoms with E-state index in [1.165, 1.54) is 13.0 Å². The molecule has 0 radical (unpaired) electrons. The van der Waals surface area contributed by atoms with E-state index in [1.807, 2.05) is 56.5 Å². The third-order valence-electron chi connectivity index (χ3n) is 5.82. The molecular formula is C25H20F5N3O. The normalized spacial score (nSPS) is 15.0. The molecule has 0 aliphatic carbocycles. The number of hydrogen-bond donors (Lipinski definition) is 0. The number of nitrogens with zero attached hydrogens (tertiary/aromatic N) is 3. The molecule has 9 heteroatoms. The van der Waals surface area contributed by atoms with Gasteiger partial charge in [-0.15, -0.1) is 0 Å². The van der Waals surface area contributed by atoms with Gasteiger partial charge in [0.1, 0.15) is 5.69 Å². The van der Waals surface area contributed by atoms with Crippen LogP contribution in [0.1, 0.15) is 35.0 Å². The molecule has 1 amide bonds. The Bertz CT molecular complexity index is 1410. The minimum atomic E-state index is -2.30. The molecule has 0 unspecified atom stereocenters. The molecule has 0 atom stereocenters. The van der Waals surface area contributed by atoms with Crippen molar-refractivity contribution in [2.45, 2.75) is 34.6 Å². The Morgan fingerprint density at radius 1 is 0.824 bits per heavy atom. The van der Waals surface area contributed by atoms with E-state index < -0.39 is 40.7 Å². The lowest BCUT2D eigenvalue weighted by molar-refractivity contribution is -0.114. The minimum Gasteiger partial charge on any atom is -0.318 e. The number of rotatable bonds is 3. The van der Waals surface area contributed by atoms with Crippen molar-refractivity contribution in [3.63, 3.8) is 0 Å². The second kappa shape index (κ2) is 8.23. The fraction of sp³-hybridized carbons (Fsp3) is 0.200. The second-order valence-electron chi connectivity index (χ2n) is 8.23. The number of anilines is 1. The van der Waals surface area contributed by atoms with E-state index in [0.29, 0.717) is 5.56 Å². The molecule has 0 saturated carbocycles. The summed E-state index contributed by atoms with van der Waals surface area (Å²) in [6, 6.07) is 7.85. The quantitative estimate of drug-likeness (QED) is 0.193. The summed E-state index contributed by atoms with van der Waals surface area (Å²) in [5.41, 5.74) is 4.09. The molecule has 0 spiro atoms. The number of aromatic nitrogens is 1. The van der Waals surface area contributed by atoms with Gasteiger partial charge < -0.3 is 4.57 Å². The highest BCUT2D eigenvalue weighted by Gasteiger charge is 2.37. The number of carbonyl (C=O) groups is 1. The molecule has 34 heavy (non-hydrogen) atoms. The van der Waals surface area contributed by atoms with E-state index in [9.17, 15) is 26.7 Å². The van der Waals surface area contributed by atoms with Gasteiger partial charge >= 0.3 is 0 Å². The summed E-state index contributed by atoms with van der Waals surface area (Å²) in [5.74, 6) is -11.9. The molecule has 0 N–H and O–H groups in total. The molecule has 2 aromatic carbocycles. The molecular weight excluding hydrogens is 453 g/mol. The topological polar surface area (TPSA) is 37.6 Å². The number of hydrazone groups is 1. The molecule has 2 heterocycles. The summed E-state index contributed by atoms with van der Waals surface area (Å²) in [7, 11) is 0. The average Bonchev–Trinajstić information content (AvgIpc) is 3.21. The molecule has 3 aromatic rings. The molecule has 0 saturated heterocycles. The van der Waals surface area contributed by atoms with Crippen molar-refractivity contribution in [3.8, 4) is 5.69 Å². The Balaban J connectivity index is 1.79. The zero-order valence-corrected chi connectivity index (χ0v) is 19.0. The third kappa shape index (κ3) is 3.52. The molecule has 1 aliphatic rings. The summed E-state index contributed by atoms with van der Waals surface area (Å²) in [5, 5.41) is 3.99. The highest BCUT2D eigenvalue weighted by Crippen LogP contribution is 2.34. The molecule has 1 aromatic heterocycles. The maximum atomic E-state index is 14.3. The zero-order chi connectivity index (χ0) is 25.1. The van der Waals surface area contributed by atoms with Crippen LogP contribution in [0.25, 0.3) is 11.8 Å². The van der Waals surface area contributed by atoms with Gasteiger partial charge in [0.25, 0.3) is 5.91 Å². The van der Waals surface area contributed by atoms with Crippen molar-refractivity contribution in [2.75, 3.05) is 5.01 Å². The third-order valence-corrected chi connectivity index (χ3v) is 5.82. The standard InChI is InChI=1S/C25H20F5N3O/c1-11-6-7-18(12(2)8-11)32-13(3)9-16(15(32)5)10-17-14(4)31-33(25(17)34)24-22(29)20(27)19(26)21(28)23(24)30/h6-10H,1-5H3/b17-10+. The van der Waals surface area contributed by atoms with Crippen molar-refractivity contribution in [1.82, 2.24) is 4.57 Å². The lowest BCUT2D eigenvalue weighted by Gasteiger charge is -2.15. The average molecular weight is 473 g/mol. The van der Waals surface area contributed by atoms with Crippen LogP contribution in [0, 0.1) is 56.8 Å². The van der Waals surface area contributed by atoms with Gasteiger partial charge in [-0.3, -0.25) is 4.79 Å². The summed E-state index contributed by atoms with van der Waals surface area (Å²) >= 11 is 0. The van der Waals surface area contributed by atoms with Gasteiger partial charge in [0, 0.05) is 17.1 Å². The van der Waals surface area contributed by atoms with Crippen LogP contribution in [-0.2, 0) is 4.79 Å². The molecule has 1 aliphatic heterocycles. The first-order chi connectivity index (χ1) is 15.9. The maximum Gasteiger partial charge on any atom is 0.280 e. The van der Waals surface area contributed by atoms with Gasteiger partial charge in [-0.25, -0.2) is 22.0 Å². The maximum absolute atomic E-state index is 14.3. The molecule has 4 rings (SSSR count). The van der Waals surface area contributed by atoms with Crippen LogP contribution in [0.15, 0.2) is 34.9 Å². The van der Waals surface area contributed by atoms with E-state index in [4.69, 9.17) is 0 Å². The van der Waals surface area contributed by atoms with Crippen molar-refractivity contribution in [3.05, 3.63) is 87.0 Å². The fourth-order valence-corrected chi connectivity index (χ4v) is 4.13. The van der Waals surface area contributed by atoms with Gasteiger partial charge in [-0.1, -0.05) is 17.7 Å². The van der Waals surface area contributed by atoms with Crippen LogP contribution in [0.4, 0.5) is 27.6 Å². The summed E-state index contributed by atoms with van der Waals surface area (Å²) < 4.78 is 71.3. The lowest BCUT2D eigenvalue weighted by atomic mass is 10.1. The van der Waals surface area contributed by atoms with Crippen molar-refractivity contribution in [1.29, 1.82) is 0 Å². The Hall–Kier alpha value is -3.75.